The molecule has 1 aliphatic heterocycles. The van der Waals surface area contributed by atoms with Crippen molar-refractivity contribution >= 4 is 39.9 Å². The number of carbonyl (C=O) groups excluding carboxylic acids is 1. The van der Waals surface area contributed by atoms with Crippen LogP contribution in [0.4, 0.5) is 0 Å². The zero-order valence-electron chi connectivity index (χ0n) is 14.9. The molecule has 132 valence electrons. The molecular formula is C23H19N3O. The first-order valence-electron chi connectivity index (χ1n) is 9.24. The highest BCUT2D eigenvalue weighted by Crippen LogP contribution is 2.34. The second kappa shape index (κ2) is 6.40. The fraction of sp³-hybridized carbons (Fsp3) is 0.130. The van der Waals surface area contributed by atoms with Gasteiger partial charge in [0.15, 0.2) is 0 Å². The molecule has 4 nitrogen and oxygen atoms in total. The van der Waals surface area contributed by atoms with E-state index >= 15 is 0 Å². The standard InChI is InChI=1S/C23H19N3O/c27-23-21-19-9-8-17-15-24-13-10-18(17)22(19)26(20(21)7-4-12-25-23)14-11-16-5-2-1-3-6-16/h1-3,5-6,8-11,13-15H,4,7,12H2,(H,25,27). The lowest BCUT2D eigenvalue weighted by Crippen LogP contribution is -2.22. The molecule has 0 fully saturated rings. The number of hydrogen-bond donors (Lipinski definition) is 1. The maximum Gasteiger partial charge on any atom is 0.253 e. The summed E-state index contributed by atoms with van der Waals surface area (Å²) in [5.74, 6) is 0.0211. The number of hydrogen-bond acceptors (Lipinski definition) is 2. The number of nitrogens with one attached hydrogen (secondary N) is 1. The summed E-state index contributed by atoms with van der Waals surface area (Å²) < 4.78 is 2.20. The van der Waals surface area contributed by atoms with Crippen molar-refractivity contribution in [2.24, 2.45) is 0 Å². The van der Waals surface area contributed by atoms with Gasteiger partial charge in [0, 0.05) is 47.0 Å². The fourth-order valence-corrected chi connectivity index (χ4v) is 3.96. The second-order valence-electron chi connectivity index (χ2n) is 6.84. The van der Waals surface area contributed by atoms with Crippen molar-refractivity contribution in [1.82, 2.24) is 14.9 Å². The Kier molecular flexibility index (Phi) is 3.75. The molecule has 0 saturated heterocycles. The molecule has 5 rings (SSSR count). The van der Waals surface area contributed by atoms with Crippen LogP contribution < -0.4 is 5.32 Å². The molecule has 4 aromatic rings. The molecule has 0 saturated carbocycles. The number of benzene rings is 2. The van der Waals surface area contributed by atoms with Crippen molar-refractivity contribution in [3.05, 3.63) is 77.7 Å². The molecule has 0 aliphatic carbocycles. The van der Waals surface area contributed by atoms with Gasteiger partial charge in [-0.05, 0) is 30.5 Å². The Morgan fingerprint density at radius 2 is 1.93 bits per heavy atom. The van der Waals surface area contributed by atoms with E-state index in [0.29, 0.717) is 0 Å². The van der Waals surface area contributed by atoms with E-state index in [1.165, 1.54) is 0 Å². The van der Waals surface area contributed by atoms with Gasteiger partial charge < -0.3 is 9.88 Å². The van der Waals surface area contributed by atoms with E-state index in [1.807, 2.05) is 42.7 Å². The van der Waals surface area contributed by atoms with E-state index in [9.17, 15) is 4.79 Å². The highest BCUT2D eigenvalue weighted by Gasteiger charge is 2.24. The molecule has 0 spiro atoms. The van der Waals surface area contributed by atoms with Gasteiger partial charge in [-0.25, -0.2) is 0 Å². The molecule has 0 unspecified atom stereocenters. The summed E-state index contributed by atoms with van der Waals surface area (Å²) in [5.41, 5.74) is 4.09. The minimum absolute atomic E-state index is 0.0211. The summed E-state index contributed by atoms with van der Waals surface area (Å²) in [5, 5.41) is 6.23. The van der Waals surface area contributed by atoms with Crippen molar-refractivity contribution in [1.29, 1.82) is 0 Å². The van der Waals surface area contributed by atoms with E-state index in [1.54, 1.807) is 0 Å². The van der Waals surface area contributed by atoms with E-state index in [4.69, 9.17) is 0 Å². The summed E-state index contributed by atoms with van der Waals surface area (Å²) >= 11 is 0. The Morgan fingerprint density at radius 1 is 1.04 bits per heavy atom. The molecule has 1 aliphatic rings. The third-order valence-electron chi connectivity index (χ3n) is 5.20. The summed E-state index contributed by atoms with van der Waals surface area (Å²) in [7, 11) is 0. The quantitative estimate of drug-likeness (QED) is 0.577. The van der Waals surface area contributed by atoms with Crippen LogP contribution in [0.25, 0.3) is 34.0 Å². The van der Waals surface area contributed by atoms with Crippen molar-refractivity contribution in [2.75, 3.05) is 6.54 Å². The monoisotopic (exact) mass is 353 g/mol. The maximum absolute atomic E-state index is 12.8. The minimum Gasteiger partial charge on any atom is -0.352 e. The number of nitrogens with zero attached hydrogens (tertiary/aromatic N) is 2. The summed E-state index contributed by atoms with van der Waals surface area (Å²) in [6.07, 6.45) is 9.68. The molecule has 1 N–H and O–H groups in total. The highest BCUT2D eigenvalue weighted by molar-refractivity contribution is 6.16. The fourth-order valence-electron chi connectivity index (χ4n) is 3.96. The molecule has 0 atom stereocenters. The SMILES string of the molecule is O=C1NCCCc2c1c1ccc3cnccc3c1n2C=Cc1ccccc1. The number of pyridine rings is 1. The predicted molar refractivity (Wildman–Crippen MR) is 110 cm³/mol. The van der Waals surface area contributed by atoms with Crippen LogP contribution in [-0.2, 0) is 6.42 Å². The van der Waals surface area contributed by atoms with Gasteiger partial charge in [0.05, 0.1) is 11.1 Å². The Bertz CT molecular complexity index is 1190. The van der Waals surface area contributed by atoms with Gasteiger partial charge in [0.25, 0.3) is 5.91 Å². The Hall–Kier alpha value is -3.40. The number of fused-ring (bicyclic) bond motifs is 5. The van der Waals surface area contributed by atoms with Crippen molar-refractivity contribution in [3.63, 3.8) is 0 Å². The highest BCUT2D eigenvalue weighted by atomic mass is 16.1. The lowest BCUT2D eigenvalue weighted by Gasteiger charge is -2.07. The number of rotatable bonds is 2. The molecule has 27 heavy (non-hydrogen) atoms. The molecular weight excluding hydrogens is 334 g/mol. The predicted octanol–water partition coefficient (Wildman–Crippen LogP) is 4.49. The normalized spacial score (nSPS) is 14.4. The average Bonchev–Trinajstić information content (AvgIpc) is 2.91. The molecule has 2 aromatic carbocycles. The third-order valence-corrected chi connectivity index (χ3v) is 5.20. The Labute approximate surface area is 157 Å². The van der Waals surface area contributed by atoms with Gasteiger partial charge in [0.1, 0.15) is 0 Å². The van der Waals surface area contributed by atoms with Crippen LogP contribution in [-0.4, -0.2) is 22.0 Å². The van der Waals surface area contributed by atoms with Crippen LogP contribution in [0.1, 0.15) is 28.0 Å². The van der Waals surface area contributed by atoms with Gasteiger partial charge in [-0.2, -0.15) is 0 Å². The number of amides is 1. The number of aromatic nitrogens is 2. The molecule has 0 radical (unpaired) electrons. The van der Waals surface area contributed by atoms with Crippen LogP contribution in [0.5, 0.6) is 0 Å². The van der Waals surface area contributed by atoms with Crippen LogP contribution >= 0.6 is 0 Å². The second-order valence-corrected chi connectivity index (χ2v) is 6.84. The van der Waals surface area contributed by atoms with Crippen LogP contribution in [0.3, 0.4) is 0 Å². The topological polar surface area (TPSA) is 46.9 Å². The summed E-state index contributed by atoms with van der Waals surface area (Å²) in [4.78, 5) is 17.0. The van der Waals surface area contributed by atoms with Crippen LogP contribution in [0.15, 0.2) is 60.9 Å². The smallest absolute Gasteiger partial charge is 0.253 e. The Balaban J connectivity index is 1.84. The first-order valence-corrected chi connectivity index (χ1v) is 9.24. The van der Waals surface area contributed by atoms with Crippen molar-refractivity contribution in [2.45, 2.75) is 12.8 Å². The summed E-state index contributed by atoms with van der Waals surface area (Å²) in [6.45, 7) is 0.717. The van der Waals surface area contributed by atoms with Crippen LogP contribution in [0, 0.1) is 0 Å². The van der Waals surface area contributed by atoms with Crippen molar-refractivity contribution in [3.8, 4) is 0 Å². The first kappa shape index (κ1) is 15.8. The van der Waals surface area contributed by atoms with Gasteiger partial charge >= 0.3 is 0 Å². The lowest BCUT2D eigenvalue weighted by atomic mass is 10.1. The Morgan fingerprint density at radius 3 is 2.81 bits per heavy atom. The number of carbonyl (C=O) groups is 1. The van der Waals surface area contributed by atoms with Gasteiger partial charge in [-0.1, -0.05) is 42.5 Å². The van der Waals surface area contributed by atoms with Crippen molar-refractivity contribution < 1.29 is 4.79 Å². The lowest BCUT2D eigenvalue weighted by molar-refractivity contribution is 0.0957. The maximum atomic E-state index is 12.8. The molecule has 4 heteroatoms. The average molecular weight is 353 g/mol. The molecule has 3 heterocycles. The van der Waals surface area contributed by atoms with E-state index < -0.39 is 0 Å². The van der Waals surface area contributed by atoms with Gasteiger partial charge in [-0.15, -0.1) is 0 Å². The zero-order valence-corrected chi connectivity index (χ0v) is 14.9. The van der Waals surface area contributed by atoms with Crippen LogP contribution in [0.2, 0.25) is 0 Å². The zero-order chi connectivity index (χ0) is 18.2. The van der Waals surface area contributed by atoms with Gasteiger partial charge in [-0.3, -0.25) is 9.78 Å². The molecule has 0 bridgehead atoms. The van der Waals surface area contributed by atoms with E-state index in [0.717, 1.165) is 57.9 Å². The molecule has 2 aromatic heterocycles. The summed E-state index contributed by atoms with van der Waals surface area (Å²) in [6, 6.07) is 16.4. The minimum atomic E-state index is 0.0211. The van der Waals surface area contributed by atoms with Gasteiger partial charge in [0.2, 0.25) is 0 Å². The third kappa shape index (κ3) is 2.61. The first-order chi connectivity index (χ1) is 13.3. The molecule has 1 amide bonds. The largest absolute Gasteiger partial charge is 0.352 e. The van der Waals surface area contributed by atoms with E-state index in [-0.39, 0.29) is 5.91 Å². The van der Waals surface area contributed by atoms with E-state index in [2.05, 4.69) is 45.3 Å².